The first-order chi connectivity index (χ1) is 8.75. The van der Waals surface area contributed by atoms with Crippen molar-refractivity contribution in [2.24, 2.45) is 5.73 Å². The van der Waals surface area contributed by atoms with Crippen molar-refractivity contribution in [2.45, 2.75) is 12.2 Å². The third-order valence-corrected chi connectivity index (χ3v) is 2.31. The number of carbonyl (C=O) groups excluding carboxylic acids is 1. The number of hydrogen-bond donors (Lipinski definition) is 1. The topological polar surface area (TPSA) is 74.4 Å². The summed E-state index contributed by atoms with van der Waals surface area (Å²) in [6.07, 6.45) is -3.97. The van der Waals surface area contributed by atoms with Crippen LogP contribution in [0.4, 0.5) is 13.2 Å². The highest BCUT2D eigenvalue weighted by Gasteiger charge is 2.31. The normalized spacial score (nSPS) is 12.9. The Bertz CT molecular complexity index is 468. The average molecular weight is 299 g/mol. The fourth-order valence-electron chi connectivity index (χ4n) is 1.07. The van der Waals surface area contributed by atoms with E-state index in [2.05, 4.69) is 9.72 Å². The maximum atomic E-state index is 12.3. The van der Waals surface area contributed by atoms with Gasteiger partial charge in [-0.3, -0.25) is 4.79 Å². The lowest BCUT2D eigenvalue weighted by Crippen LogP contribution is -2.37. The Kier molecular flexibility index (Phi) is 4.96. The van der Waals surface area contributed by atoms with Crippen LogP contribution >= 0.6 is 11.6 Å². The molecule has 19 heavy (non-hydrogen) atoms. The van der Waals surface area contributed by atoms with Gasteiger partial charge in [0, 0.05) is 6.20 Å². The number of rotatable bonds is 4. The van der Waals surface area contributed by atoms with Gasteiger partial charge in [-0.1, -0.05) is 11.6 Å². The van der Waals surface area contributed by atoms with Crippen LogP contribution in [0.1, 0.15) is 5.56 Å². The van der Waals surface area contributed by atoms with Gasteiger partial charge in [0.05, 0.1) is 12.7 Å². The van der Waals surface area contributed by atoms with Crippen LogP contribution < -0.4 is 10.5 Å². The highest BCUT2D eigenvalue weighted by Crippen LogP contribution is 2.33. The molecule has 0 saturated heterocycles. The van der Waals surface area contributed by atoms with Crippen LogP contribution in [0.25, 0.3) is 0 Å². The van der Waals surface area contributed by atoms with Crippen molar-refractivity contribution < 1.29 is 27.4 Å². The number of carbonyl (C=O) groups is 1. The van der Waals surface area contributed by atoms with Crippen molar-refractivity contribution in [1.29, 1.82) is 0 Å². The van der Waals surface area contributed by atoms with E-state index < -0.39 is 23.8 Å². The molecule has 1 aromatic heterocycles. The van der Waals surface area contributed by atoms with Gasteiger partial charge in [-0.2, -0.15) is 13.2 Å². The van der Waals surface area contributed by atoms with E-state index in [9.17, 15) is 18.0 Å². The first-order valence-corrected chi connectivity index (χ1v) is 5.32. The van der Waals surface area contributed by atoms with E-state index in [0.717, 1.165) is 7.11 Å². The van der Waals surface area contributed by atoms with Gasteiger partial charge in [-0.15, -0.1) is 0 Å². The van der Waals surface area contributed by atoms with Crippen LogP contribution in [0.15, 0.2) is 12.3 Å². The number of alkyl halides is 3. The second-order valence-corrected chi connectivity index (χ2v) is 3.86. The largest absolute Gasteiger partial charge is 0.474 e. The van der Waals surface area contributed by atoms with Crippen molar-refractivity contribution in [3.05, 3.63) is 22.8 Å². The quantitative estimate of drug-likeness (QED) is 0.855. The van der Waals surface area contributed by atoms with Gasteiger partial charge < -0.3 is 15.2 Å². The Hall–Kier alpha value is -1.54. The first-order valence-electron chi connectivity index (χ1n) is 4.94. The molecule has 5 nitrogen and oxygen atoms in total. The maximum absolute atomic E-state index is 12.3. The number of halogens is 4. The Labute approximate surface area is 111 Å². The molecule has 1 heterocycles. The molecular formula is C10H10ClF3N2O3. The second-order valence-electron chi connectivity index (χ2n) is 3.45. The first kappa shape index (κ1) is 15.5. The summed E-state index contributed by atoms with van der Waals surface area (Å²) in [7, 11) is 1.14. The van der Waals surface area contributed by atoms with Gasteiger partial charge in [0.25, 0.3) is 0 Å². The predicted octanol–water partition coefficient (Wildman–Crippen LogP) is 1.63. The number of methoxy groups -OCH3 is 1. The standard InChI is InChI=1S/C10H10ClF3N2O3/c1-18-9(17)7(15)4-19-8-6(11)2-5(3-16-8)10(12,13)14/h2-3,7H,4,15H2,1H3. The molecule has 0 fully saturated rings. The van der Waals surface area contributed by atoms with Gasteiger partial charge in [-0.05, 0) is 6.07 Å². The fourth-order valence-corrected chi connectivity index (χ4v) is 1.30. The van der Waals surface area contributed by atoms with Crippen LogP contribution in [0, 0.1) is 0 Å². The Morgan fingerprint density at radius 1 is 1.58 bits per heavy atom. The predicted molar refractivity (Wildman–Crippen MR) is 59.7 cm³/mol. The number of aromatic nitrogens is 1. The smallest absolute Gasteiger partial charge is 0.417 e. The highest BCUT2D eigenvalue weighted by molar-refractivity contribution is 6.31. The lowest BCUT2D eigenvalue weighted by atomic mass is 10.3. The monoisotopic (exact) mass is 298 g/mol. The van der Waals surface area contributed by atoms with E-state index in [-0.39, 0.29) is 17.5 Å². The number of pyridine rings is 1. The fraction of sp³-hybridized carbons (Fsp3) is 0.400. The van der Waals surface area contributed by atoms with E-state index >= 15 is 0 Å². The molecule has 106 valence electrons. The van der Waals surface area contributed by atoms with Crippen molar-refractivity contribution in [3.8, 4) is 5.88 Å². The third kappa shape index (κ3) is 4.25. The van der Waals surface area contributed by atoms with Crippen LogP contribution in [0.2, 0.25) is 5.02 Å². The molecule has 1 unspecified atom stereocenters. The molecule has 0 aromatic carbocycles. The summed E-state index contributed by atoms with van der Waals surface area (Å²) in [4.78, 5) is 14.4. The van der Waals surface area contributed by atoms with Crippen molar-refractivity contribution >= 4 is 17.6 Å². The van der Waals surface area contributed by atoms with Crippen LogP contribution in [0.5, 0.6) is 5.88 Å². The molecule has 1 rings (SSSR count). The molecule has 0 aliphatic carbocycles. The lowest BCUT2D eigenvalue weighted by Gasteiger charge is -2.12. The van der Waals surface area contributed by atoms with Crippen molar-refractivity contribution in [2.75, 3.05) is 13.7 Å². The molecule has 0 radical (unpaired) electrons. The molecule has 9 heteroatoms. The minimum atomic E-state index is -4.54. The molecule has 1 aromatic rings. The molecule has 0 bridgehead atoms. The zero-order valence-electron chi connectivity index (χ0n) is 9.70. The van der Waals surface area contributed by atoms with Crippen molar-refractivity contribution in [1.82, 2.24) is 4.98 Å². The summed E-state index contributed by atoms with van der Waals surface area (Å²) >= 11 is 5.59. The summed E-state index contributed by atoms with van der Waals surface area (Å²) in [6.45, 7) is -0.315. The molecule has 0 amide bonds. The molecule has 0 aliphatic rings. The molecule has 0 spiro atoms. The minimum Gasteiger partial charge on any atom is -0.474 e. The lowest BCUT2D eigenvalue weighted by molar-refractivity contribution is -0.142. The van der Waals surface area contributed by atoms with Crippen LogP contribution in [-0.4, -0.2) is 30.7 Å². The van der Waals surface area contributed by atoms with Gasteiger partial charge in [0.2, 0.25) is 5.88 Å². The summed E-state index contributed by atoms with van der Waals surface area (Å²) in [5.74, 6) is -0.961. The number of ether oxygens (including phenoxy) is 2. The van der Waals surface area contributed by atoms with Gasteiger partial charge in [-0.25, -0.2) is 4.98 Å². The Morgan fingerprint density at radius 2 is 2.21 bits per heavy atom. The summed E-state index contributed by atoms with van der Waals surface area (Å²) in [5.41, 5.74) is 4.38. The number of esters is 1. The number of nitrogens with zero attached hydrogens (tertiary/aromatic N) is 1. The summed E-state index contributed by atoms with van der Waals surface area (Å²) in [5, 5.41) is -0.327. The van der Waals surface area contributed by atoms with Crippen molar-refractivity contribution in [3.63, 3.8) is 0 Å². The molecular weight excluding hydrogens is 289 g/mol. The number of hydrogen-bond acceptors (Lipinski definition) is 5. The molecule has 1 atom stereocenters. The van der Waals surface area contributed by atoms with Gasteiger partial charge >= 0.3 is 12.1 Å². The van der Waals surface area contributed by atoms with Crippen LogP contribution in [0.3, 0.4) is 0 Å². The zero-order chi connectivity index (χ0) is 14.6. The Morgan fingerprint density at radius 3 is 2.68 bits per heavy atom. The molecule has 2 N–H and O–H groups in total. The van der Waals surface area contributed by atoms with Gasteiger partial charge in [0.15, 0.2) is 0 Å². The average Bonchev–Trinajstić information content (AvgIpc) is 2.34. The summed E-state index contributed by atoms with van der Waals surface area (Å²) in [6, 6.07) is -0.404. The Balaban J connectivity index is 2.73. The SMILES string of the molecule is COC(=O)C(N)COc1ncc(C(F)(F)F)cc1Cl. The van der Waals surface area contributed by atoms with Crippen LogP contribution in [-0.2, 0) is 15.7 Å². The summed E-state index contributed by atoms with van der Waals surface area (Å²) < 4.78 is 46.3. The number of nitrogens with two attached hydrogens (primary N) is 1. The third-order valence-electron chi connectivity index (χ3n) is 2.04. The molecule has 0 saturated carbocycles. The zero-order valence-corrected chi connectivity index (χ0v) is 10.5. The minimum absolute atomic E-state index is 0.242. The van der Waals surface area contributed by atoms with E-state index in [1.807, 2.05) is 0 Å². The van der Waals surface area contributed by atoms with E-state index in [1.165, 1.54) is 0 Å². The van der Waals surface area contributed by atoms with E-state index in [0.29, 0.717) is 12.3 Å². The van der Waals surface area contributed by atoms with E-state index in [4.69, 9.17) is 22.1 Å². The molecule has 0 aliphatic heterocycles. The second kappa shape index (κ2) is 6.07. The maximum Gasteiger partial charge on any atom is 0.417 e. The highest BCUT2D eigenvalue weighted by atomic mass is 35.5. The van der Waals surface area contributed by atoms with Gasteiger partial charge in [0.1, 0.15) is 17.7 Å². The van der Waals surface area contributed by atoms with E-state index in [1.54, 1.807) is 0 Å².